The summed E-state index contributed by atoms with van der Waals surface area (Å²) in [5.41, 5.74) is 2.83. The molecular weight excluding hydrogens is 222 g/mol. The van der Waals surface area contributed by atoms with E-state index in [0.717, 1.165) is 26.1 Å². The minimum absolute atomic E-state index is 0.321. The van der Waals surface area contributed by atoms with Crippen LogP contribution in [0.2, 0.25) is 0 Å². The Labute approximate surface area is 112 Å². The van der Waals surface area contributed by atoms with E-state index in [2.05, 4.69) is 57.3 Å². The Hall–Kier alpha value is -0.860. The van der Waals surface area contributed by atoms with Crippen molar-refractivity contribution in [1.82, 2.24) is 5.32 Å². The summed E-state index contributed by atoms with van der Waals surface area (Å²) in [4.78, 5) is 0. The molecule has 0 aromatic heterocycles. The van der Waals surface area contributed by atoms with Crippen LogP contribution in [0.5, 0.6) is 0 Å². The summed E-state index contributed by atoms with van der Waals surface area (Å²) in [5, 5.41) is 3.46. The van der Waals surface area contributed by atoms with Crippen LogP contribution in [0.1, 0.15) is 44.2 Å². The normalized spacial score (nSPS) is 12.9. The lowest BCUT2D eigenvalue weighted by molar-refractivity contribution is 0.0733. The van der Waals surface area contributed by atoms with Crippen LogP contribution in [0.4, 0.5) is 0 Å². The third-order valence-electron chi connectivity index (χ3n) is 3.19. The lowest BCUT2D eigenvalue weighted by Gasteiger charge is -2.20. The van der Waals surface area contributed by atoms with E-state index >= 15 is 0 Å². The zero-order valence-electron chi connectivity index (χ0n) is 12.2. The third-order valence-corrected chi connectivity index (χ3v) is 3.19. The van der Waals surface area contributed by atoms with Crippen LogP contribution in [0.15, 0.2) is 24.3 Å². The quantitative estimate of drug-likeness (QED) is 0.761. The number of likely N-dealkylation sites (N-methyl/N-ethyl adjacent to an activating group) is 1. The average Bonchev–Trinajstić information content (AvgIpc) is 2.34. The molecule has 1 rings (SSSR count). The van der Waals surface area contributed by atoms with Crippen molar-refractivity contribution in [3.05, 3.63) is 35.4 Å². The molecule has 0 aliphatic rings. The first-order chi connectivity index (χ1) is 8.65. The maximum Gasteiger partial charge on any atom is 0.0518 e. The molecule has 0 fully saturated rings. The zero-order chi connectivity index (χ0) is 13.4. The number of rotatable bonds is 8. The first-order valence-electron chi connectivity index (χ1n) is 7.03. The second-order valence-electron chi connectivity index (χ2n) is 5.07. The molecule has 18 heavy (non-hydrogen) atoms. The Morgan fingerprint density at radius 2 is 1.94 bits per heavy atom. The van der Waals surface area contributed by atoms with Crippen molar-refractivity contribution in [1.29, 1.82) is 0 Å². The molecule has 0 amide bonds. The van der Waals surface area contributed by atoms with E-state index in [-0.39, 0.29) is 0 Å². The highest BCUT2D eigenvalue weighted by Crippen LogP contribution is 2.22. The van der Waals surface area contributed by atoms with Crippen molar-refractivity contribution in [2.75, 3.05) is 19.7 Å². The van der Waals surface area contributed by atoms with Crippen LogP contribution in [0, 0.1) is 6.92 Å². The van der Waals surface area contributed by atoms with Crippen molar-refractivity contribution in [3.8, 4) is 0 Å². The maximum atomic E-state index is 5.69. The van der Waals surface area contributed by atoms with Gasteiger partial charge in [-0.25, -0.2) is 0 Å². The van der Waals surface area contributed by atoms with Gasteiger partial charge in [-0.3, -0.25) is 0 Å². The number of hydrogen-bond donors (Lipinski definition) is 1. The topological polar surface area (TPSA) is 21.3 Å². The van der Waals surface area contributed by atoms with Gasteiger partial charge in [0.25, 0.3) is 0 Å². The van der Waals surface area contributed by atoms with Crippen molar-refractivity contribution < 1.29 is 4.74 Å². The lowest BCUT2D eigenvalue weighted by atomic mass is 9.92. The van der Waals surface area contributed by atoms with E-state index in [9.17, 15) is 0 Å². The van der Waals surface area contributed by atoms with Crippen LogP contribution in [-0.4, -0.2) is 25.8 Å². The number of aryl methyl sites for hydroxylation is 1. The first kappa shape index (κ1) is 15.2. The molecule has 1 aromatic carbocycles. The highest BCUT2D eigenvalue weighted by atomic mass is 16.5. The highest BCUT2D eigenvalue weighted by molar-refractivity contribution is 5.29. The molecule has 0 bridgehead atoms. The van der Waals surface area contributed by atoms with Crippen LogP contribution in [-0.2, 0) is 4.74 Å². The van der Waals surface area contributed by atoms with Gasteiger partial charge in [0.15, 0.2) is 0 Å². The molecule has 0 aliphatic heterocycles. The summed E-state index contributed by atoms with van der Waals surface area (Å²) in [6.45, 7) is 11.4. The smallest absolute Gasteiger partial charge is 0.0518 e. The number of nitrogens with one attached hydrogen (secondary N) is 1. The molecule has 1 aromatic rings. The Bertz CT molecular complexity index is 336. The Kier molecular flexibility index (Phi) is 6.99. The van der Waals surface area contributed by atoms with E-state index in [1.54, 1.807) is 0 Å². The second kappa shape index (κ2) is 8.28. The van der Waals surface area contributed by atoms with Gasteiger partial charge in [-0.2, -0.15) is 0 Å². The van der Waals surface area contributed by atoms with Gasteiger partial charge in [-0.1, -0.05) is 31.2 Å². The maximum absolute atomic E-state index is 5.69. The van der Waals surface area contributed by atoms with Gasteiger partial charge in [0.05, 0.1) is 6.10 Å². The summed E-state index contributed by atoms with van der Waals surface area (Å²) >= 11 is 0. The van der Waals surface area contributed by atoms with Crippen LogP contribution in [0.25, 0.3) is 0 Å². The molecule has 1 unspecified atom stereocenters. The molecule has 2 nitrogen and oxygen atoms in total. The predicted octanol–water partition coefficient (Wildman–Crippen LogP) is 3.50. The molecule has 0 saturated heterocycles. The molecule has 0 heterocycles. The Morgan fingerprint density at radius 3 is 2.56 bits per heavy atom. The SMILES string of the molecule is CCNCC(CCOC(C)C)c1ccccc1C. The fourth-order valence-corrected chi connectivity index (χ4v) is 2.18. The van der Waals surface area contributed by atoms with Crippen LogP contribution >= 0.6 is 0 Å². The number of ether oxygens (including phenoxy) is 1. The number of hydrogen-bond acceptors (Lipinski definition) is 2. The molecule has 0 aliphatic carbocycles. The fourth-order valence-electron chi connectivity index (χ4n) is 2.18. The molecule has 0 spiro atoms. The van der Waals surface area contributed by atoms with Gasteiger partial charge < -0.3 is 10.1 Å². The van der Waals surface area contributed by atoms with Crippen molar-refractivity contribution in [3.63, 3.8) is 0 Å². The van der Waals surface area contributed by atoms with Crippen LogP contribution in [0.3, 0.4) is 0 Å². The summed E-state index contributed by atoms with van der Waals surface area (Å²) in [5.74, 6) is 0.546. The molecule has 1 atom stereocenters. The zero-order valence-corrected chi connectivity index (χ0v) is 12.2. The van der Waals surface area contributed by atoms with Crippen molar-refractivity contribution >= 4 is 0 Å². The van der Waals surface area contributed by atoms with E-state index in [1.807, 2.05) is 0 Å². The van der Waals surface area contributed by atoms with Crippen molar-refractivity contribution in [2.45, 2.75) is 46.1 Å². The first-order valence-corrected chi connectivity index (χ1v) is 7.03. The van der Waals surface area contributed by atoms with Crippen LogP contribution < -0.4 is 5.32 Å². The monoisotopic (exact) mass is 249 g/mol. The van der Waals surface area contributed by atoms with Gasteiger partial charge in [0.1, 0.15) is 0 Å². The van der Waals surface area contributed by atoms with Gasteiger partial charge >= 0.3 is 0 Å². The second-order valence-corrected chi connectivity index (χ2v) is 5.07. The Morgan fingerprint density at radius 1 is 1.22 bits per heavy atom. The lowest BCUT2D eigenvalue weighted by Crippen LogP contribution is -2.23. The third kappa shape index (κ3) is 5.19. The molecule has 102 valence electrons. The highest BCUT2D eigenvalue weighted by Gasteiger charge is 2.13. The van der Waals surface area contributed by atoms with E-state index in [4.69, 9.17) is 4.74 Å². The van der Waals surface area contributed by atoms with E-state index in [0.29, 0.717) is 12.0 Å². The van der Waals surface area contributed by atoms with Crippen molar-refractivity contribution in [2.24, 2.45) is 0 Å². The number of benzene rings is 1. The summed E-state index contributed by atoms with van der Waals surface area (Å²) in [6.07, 6.45) is 1.40. The van der Waals surface area contributed by atoms with E-state index in [1.165, 1.54) is 11.1 Å². The van der Waals surface area contributed by atoms with E-state index < -0.39 is 0 Å². The summed E-state index contributed by atoms with van der Waals surface area (Å²) < 4.78 is 5.69. The minimum atomic E-state index is 0.321. The van der Waals surface area contributed by atoms with Gasteiger partial charge in [-0.05, 0) is 50.8 Å². The average molecular weight is 249 g/mol. The molecule has 0 radical (unpaired) electrons. The molecule has 0 saturated carbocycles. The summed E-state index contributed by atoms with van der Waals surface area (Å²) in [6, 6.07) is 8.67. The van der Waals surface area contributed by atoms with Gasteiger partial charge in [0.2, 0.25) is 0 Å². The summed E-state index contributed by atoms with van der Waals surface area (Å²) in [7, 11) is 0. The van der Waals surface area contributed by atoms with Gasteiger partial charge in [-0.15, -0.1) is 0 Å². The van der Waals surface area contributed by atoms with Gasteiger partial charge in [0, 0.05) is 13.2 Å². The minimum Gasteiger partial charge on any atom is -0.379 e. The Balaban J connectivity index is 2.62. The molecule has 1 N–H and O–H groups in total. The standard InChI is InChI=1S/C16H27NO/c1-5-17-12-15(10-11-18-13(2)3)16-9-7-6-8-14(16)4/h6-9,13,15,17H,5,10-12H2,1-4H3. The molecular formula is C16H27NO. The fraction of sp³-hybridized carbons (Fsp3) is 0.625. The predicted molar refractivity (Wildman–Crippen MR) is 78.2 cm³/mol. The molecule has 2 heteroatoms. The largest absolute Gasteiger partial charge is 0.379 e.